The van der Waals surface area contributed by atoms with E-state index in [0.29, 0.717) is 17.0 Å². The quantitative estimate of drug-likeness (QED) is 0.676. The van der Waals surface area contributed by atoms with Gasteiger partial charge in [-0.2, -0.15) is 0 Å². The third kappa shape index (κ3) is 3.13. The largest absolute Gasteiger partial charge is 0.294 e. The second kappa shape index (κ2) is 5.20. The van der Waals surface area contributed by atoms with Crippen LogP contribution in [-0.2, 0) is 0 Å². The lowest BCUT2D eigenvalue weighted by Gasteiger charge is -2.02. The highest BCUT2D eigenvalue weighted by Gasteiger charge is 2.06. The van der Waals surface area contributed by atoms with Gasteiger partial charge in [-0.25, -0.2) is 4.39 Å². The van der Waals surface area contributed by atoms with Gasteiger partial charge < -0.3 is 0 Å². The molecule has 0 unspecified atom stereocenters. The van der Waals surface area contributed by atoms with Gasteiger partial charge >= 0.3 is 0 Å². The lowest BCUT2D eigenvalue weighted by molar-refractivity contribution is 0.625. The summed E-state index contributed by atoms with van der Waals surface area (Å²) in [6.45, 7) is 5.42. The van der Waals surface area contributed by atoms with E-state index in [4.69, 9.17) is 0 Å². The van der Waals surface area contributed by atoms with Crippen molar-refractivity contribution in [3.05, 3.63) is 47.9 Å². The molecule has 0 aliphatic heterocycles. The summed E-state index contributed by atoms with van der Waals surface area (Å²) in [4.78, 5) is 7.97. The number of allylic oxidation sites excluding steroid dienone is 1. The molecule has 0 spiro atoms. The van der Waals surface area contributed by atoms with Crippen molar-refractivity contribution >= 4 is 11.9 Å². The van der Waals surface area contributed by atoms with Crippen molar-refractivity contribution in [3.63, 3.8) is 0 Å². The van der Waals surface area contributed by atoms with Crippen molar-refractivity contribution in [2.24, 2.45) is 9.98 Å². The highest BCUT2D eigenvalue weighted by Crippen LogP contribution is 2.08. The summed E-state index contributed by atoms with van der Waals surface area (Å²) >= 11 is 0. The molecule has 15 heavy (non-hydrogen) atoms. The zero-order valence-electron chi connectivity index (χ0n) is 8.87. The number of aliphatic imine (C=N–C) groups is 2. The second-order valence-corrected chi connectivity index (χ2v) is 3.10. The molecule has 0 aliphatic carbocycles. The Morgan fingerprint density at radius 2 is 2.07 bits per heavy atom. The fraction of sp³-hybridized carbons (Fsp3) is 0.167. The molecule has 0 heterocycles. The van der Waals surface area contributed by atoms with E-state index in [2.05, 4.69) is 16.6 Å². The Morgan fingerprint density at radius 3 is 2.60 bits per heavy atom. The van der Waals surface area contributed by atoms with Crippen LogP contribution in [0.4, 0.5) is 4.39 Å². The van der Waals surface area contributed by atoms with E-state index in [1.54, 1.807) is 32.2 Å². The normalized spacial score (nSPS) is 12.1. The standard InChI is InChI=1S/C12H13FN2/c1-9(2)15-12(8-14-3)10-6-4-5-7-11(10)13/h4-8H,1H2,2-3H3. The summed E-state index contributed by atoms with van der Waals surface area (Å²) in [5.74, 6) is -0.308. The highest BCUT2D eigenvalue weighted by atomic mass is 19.1. The highest BCUT2D eigenvalue weighted by molar-refractivity contribution is 6.38. The fourth-order valence-corrected chi connectivity index (χ4v) is 1.16. The molecule has 0 N–H and O–H groups in total. The molecule has 0 amide bonds. The smallest absolute Gasteiger partial charge is 0.132 e. The third-order valence-corrected chi connectivity index (χ3v) is 1.71. The van der Waals surface area contributed by atoms with Crippen molar-refractivity contribution in [1.82, 2.24) is 0 Å². The van der Waals surface area contributed by atoms with Gasteiger partial charge in [-0.05, 0) is 19.1 Å². The molecule has 2 nitrogen and oxygen atoms in total. The molecule has 0 atom stereocenters. The van der Waals surface area contributed by atoms with E-state index in [9.17, 15) is 4.39 Å². The second-order valence-electron chi connectivity index (χ2n) is 3.10. The predicted octanol–water partition coefficient (Wildman–Crippen LogP) is 2.85. The van der Waals surface area contributed by atoms with Crippen LogP contribution in [0.5, 0.6) is 0 Å². The molecule has 0 saturated heterocycles. The summed E-state index contributed by atoms with van der Waals surface area (Å²) in [5, 5.41) is 0. The average Bonchev–Trinajstić information content (AvgIpc) is 2.17. The van der Waals surface area contributed by atoms with Gasteiger partial charge in [0.2, 0.25) is 0 Å². The molecule has 3 heteroatoms. The molecule has 78 valence electrons. The van der Waals surface area contributed by atoms with Gasteiger partial charge in [0.15, 0.2) is 0 Å². The van der Waals surface area contributed by atoms with E-state index < -0.39 is 0 Å². The summed E-state index contributed by atoms with van der Waals surface area (Å²) in [7, 11) is 1.62. The summed E-state index contributed by atoms with van der Waals surface area (Å²) in [6.07, 6.45) is 1.52. The number of hydrogen-bond acceptors (Lipinski definition) is 2. The lowest BCUT2D eigenvalue weighted by Crippen LogP contribution is -2.05. The third-order valence-electron chi connectivity index (χ3n) is 1.71. The van der Waals surface area contributed by atoms with Gasteiger partial charge in [0.25, 0.3) is 0 Å². The number of hydrogen-bond donors (Lipinski definition) is 0. The predicted molar refractivity (Wildman–Crippen MR) is 62.2 cm³/mol. The van der Waals surface area contributed by atoms with Gasteiger partial charge in [-0.15, -0.1) is 0 Å². The van der Waals surface area contributed by atoms with Gasteiger partial charge in [0.05, 0.1) is 5.71 Å². The van der Waals surface area contributed by atoms with Crippen LogP contribution in [0.25, 0.3) is 0 Å². The first-order valence-corrected chi connectivity index (χ1v) is 4.56. The number of halogens is 1. The first-order valence-electron chi connectivity index (χ1n) is 4.56. The molecule has 1 aromatic rings. The molecular formula is C12H13FN2. The maximum absolute atomic E-state index is 13.4. The minimum absolute atomic E-state index is 0.308. The fourth-order valence-electron chi connectivity index (χ4n) is 1.16. The topological polar surface area (TPSA) is 24.7 Å². The van der Waals surface area contributed by atoms with Crippen molar-refractivity contribution in [3.8, 4) is 0 Å². The average molecular weight is 204 g/mol. The summed E-state index contributed by atoms with van der Waals surface area (Å²) in [6, 6.07) is 6.46. The molecule has 0 saturated carbocycles. The van der Waals surface area contributed by atoms with Crippen LogP contribution in [0.1, 0.15) is 12.5 Å². The molecule has 1 aromatic carbocycles. The summed E-state index contributed by atoms with van der Waals surface area (Å²) < 4.78 is 13.4. The van der Waals surface area contributed by atoms with Crippen LogP contribution < -0.4 is 0 Å². The van der Waals surface area contributed by atoms with Gasteiger partial charge in [-0.3, -0.25) is 9.98 Å². The minimum atomic E-state index is -0.308. The minimum Gasteiger partial charge on any atom is -0.294 e. The Balaban J connectivity index is 3.22. The molecule has 0 aromatic heterocycles. The SMILES string of the molecule is C=C(C)N=C(C=NC)c1ccccc1F. The van der Waals surface area contributed by atoms with Crippen molar-refractivity contribution in [2.45, 2.75) is 6.92 Å². The zero-order chi connectivity index (χ0) is 11.3. The van der Waals surface area contributed by atoms with Crippen molar-refractivity contribution in [1.29, 1.82) is 0 Å². The van der Waals surface area contributed by atoms with E-state index in [-0.39, 0.29) is 5.82 Å². The molecule has 0 aliphatic rings. The number of rotatable bonds is 3. The number of benzene rings is 1. The van der Waals surface area contributed by atoms with Crippen LogP contribution in [0.15, 0.2) is 46.5 Å². The van der Waals surface area contributed by atoms with Crippen molar-refractivity contribution in [2.75, 3.05) is 7.05 Å². The van der Waals surface area contributed by atoms with Crippen LogP contribution in [0, 0.1) is 5.82 Å². The van der Waals surface area contributed by atoms with Crippen LogP contribution in [-0.4, -0.2) is 19.0 Å². The lowest BCUT2D eigenvalue weighted by atomic mass is 10.1. The zero-order valence-corrected chi connectivity index (χ0v) is 8.87. The van der Waals surface area contributed by atoms with Gasteiger partial charge in [-0.1, -0.05) is 18.7 Å². The monoisotopic (exact) mass is 204 g/mol. The molecule has 0 fully saturated rings. The van der Waals surface area contributed by atoms with E-state index in [1.807, 2.05) is 0 Å². The molecule has 1 rings (SSSR count). The Labute approximate surface area is 88.9 Å². The van der Waals surface area contributed by atoms with Crippen LogP contribution in [0.2, 0.25) is 0 Å². The van der Waals surface area contributed by atoms with E-state index in [0.717, 1.165) is 0 Å². The maximum Gasteiger partial charge on any atom is 0.132 e. The maximum atomic E-state index is 13.4. The van der Waals surface area contributed by atoms with Gasteiger partial charge in [0, 0.05) is 24.5 Å². The van der Waals surface area contributed by atoms with E-state index >= 15 is 0 Å². The Morgan fingerprint density at radius 1 is 1.40 bits per heavy atom. The Hall–Kier alpha value is -1.77. The molecule has 0 bridgehead atoms. The first kappa shape index (κ1) is 11.3. The molecular weight excluding hydrogens is 191 g/mol. The van der Waals surface area contributed by atoms with Crippen LogP contribution in [0.3, 0.4) is 0 Å². The molecule has 0 radical (unpaired) electrons. The Kier molecular flexibility index (Phi) is 3.92. The van der Waals surface area contributed by atoms with Gasteiger partial charge in [0.1, 0.15) is 5.82 Å². The first-order chi connectivity index (χ1) is 7.15. The van der Waals surface area contributed by atoms with E-state index in [1.165, 1.54) is 12.3 Å². The Bertz CT molecular complexity index is 419. The van der Waals surface area contributed by atoms with Crippen molar-refractivity contribution < 1.29 is 4.39 Å². The van der Waals surface area contributed by atoms with Crippen LogP contribution >= 0.6 is 0 Å². The summed E-state index contributed by atoms with van der Waals surface area (Å²) in [5.41, 5.74) is 1.54. The number of nitrogens with zero attached hydrogens (tertiary/aromatic N) is 2.